The van der Waals surface area contributed by atoms with E-state index in [-0.39, 0.29) is 5.91 Å². The van der Waals surface area contributed by atoms with Crippen molar-refractivity contribution >= 4 is 11.6 Å². The molecule has 0 radical (unpaired) electrons. The van der Waals surface area contributed by atoms with E-state index in [1.165, 1.54) is 6.33 Å². The zero-order valence-electron chi connectivity index (χ0n) is 14.8. The zero-order valence-corrected chi connectivity index (χ0v) is 14.8. The number of unbranched alkanes of at least 4 members (excludes halogenated alkanes) is 1. The SMILES string of the molecule is CCCCOc1ccc(C(=O)Nc2ccccc2Cn2cncn2)cc1. The Hall–Kier alpha value is -3.15. The van der Waals surface area contributed by atoms with Crippen molar-refractivity contribution in [1.82, 2.24) is 14.8 Å². The van der Waals surface area contributed by atoms with Crippen molar-refractivity contribution in [2.45, 2.75) is 26.3 Å². The summed E-state index contributed by atoms with van der Waals surface area (Å²) in [5.74, 6) is 0.623. The molecule has 3 rings (SSSR count). The Balaban J connectivity index is 1.66. The number of anilines is 1. The summed E-state index contributed by atoms with van der Waals surface area (Å²) in [5.41, 5.74) is 2.31. The molecule has 26 heavy (non-hydrogen) atoms. The van der Waals surface area contributed by atoms with Gasteiger partial charge < -0.3 is 10.1 Å². The second-order valence-electron chi connectivity index (χ2n) is 5.93. The molecule has 1 aromatic heterocycles. The molecule has 0 fully saturated rings. The number of carbonyl (C=O) groups excluding carboxylic acids is 1. The summed E-state index contributed by atoms with van der Waals surface area (Å²) in [4.78, 5) is 16.5. The predicted octanol–water partition coefficient (Wildman–Crippen LogP) is 3.76. The van der Waals surface area contributed by atoms with Crippen LogP contribution >= 0.6 is 0 Å². The Morgan fingerprint density at radius 1 is 1.15 bits per heavy atom. The van der Waals surface area contributed by atoms with Crippen molar-refractivity contribution in [3.8, 4) is 5.75 Å². The minimum absolute atomic E-state index is 0.156. The monoisotopic (exact) mass is 350 g/mol. The zero-order chi connectivity index (χ0) is 18.2. The van der Waals surface area contributed by atoms with Gasteiger partial charge in [-0.15, -0.1) is 0 Å². The maximum Gasteiger partial charge on any atom is 0.255 e. The molecule has 0 bridgehead atoms. The smallest absolute Gasteiger partial charge is 0.255 e. The molecule has 0 aliphatic carbocycles. The Morgan fingerprint density at radius 3 is 2.69 bits per heavy atom. The van der Waals surface area contributed by atoms with E-state index in [4.69, 9.17) is 4.74 Å². The Morgan fingerprint density at radius 2 is 1.96 bits per heavy atom. The van der Waals surface area contributed by atoms with Gasteiger partial charge in [-0.1, -0.05) is 31.5 Å². The quantitative estimate of drug-likeness (QED) is 0.628. The van der Waals surface area contributed by atoms with Crippen LogP contribution in [0.4, 0.5) is 5.69 Å². The highest BCUT2D eigenvalue weighted by Crippen LogP contribution is 2.18. The van der Waals surface area contributed by atoms with Gasteiger partial charge in [-0.2, -0.15) is 5.10 Å². The summed E-state index contributed by atoms with van der Waals surface area (Å²) in [6.45, 7) is 3.36. The van der Waals surface area contributed by atoms with Crippen molar-refractivity contribution in [1.29, 1.82) is 0 Å². The number of hydrogen-bond acceptors (Lipinski definition) is 4. The minimum atomic E-state index is -0.156. The number of carbonyl (C=O) groups is 1. The first-order valence-corrected chi connectivity index (χ1v) is 8.71. The molecular weight excluding hydrogens is 328 g/mol. The summed E-state index contributed by atoms with van der Waals surface area (Å²) in [5, 5.41) is 7.08. The van der Waals surface area contributed by atoms with Crippen molar-refractivity contribution in [3.63, 3.8) is 0 Å². The molecule has 6 nitrogen and oxygen atoms in total. The number of aromatic nitrogens is 3. The first-order chi connectivity index (χ1) is 12.8. The lowest BCUT2D eigenvalue weighted by molar-refractivity contribution is 0.102. The molecule has 0 unspecified atom stereocenters. The lowest BCUT2D eigenvalue weighted by Gasteiger charge is -2.11. The minimum Gasteiger partial charge on any atom is -0.494 e. The van der Waals surface area contributed by atoms with Gasteiger partial charge in [0, 0.05) is 11.3 Å². The highest BCUT2D eigenvalue weighted by atomic mass is 16.5. The van der Waals surface area contributed by atoms with Crippen LogP contribution in [0.3, 0.4) is 0 Å². The lowest BCUT2D eigenvalue weighted by atomic mass is 10.1. The topological polar surface area (TPSA) is 69.0 Å². The molecule has 0 atom stereocenters. The lowest BCUT2D eigenvalue weighted by Crippen LogP contribution is -2.14. The second kappa shape index (κ2) is 8.80. The highest BCUT2D eigenvalue weighted by Gasteiger charge is 2.10. The molecule has 1 amide bonds. The number of hydrogen-bond donors (Lipinski definition) is 1. The van der Waals surface area contributed by atoms with Crippen molar-refractivity contribution in [3.05, 3.63) is 72.3 Å². The van der Waals surface area contributed by atoms with Gasteiger partial charge in [0.15, 0.2) is 0 Å². The van der Waals surface area contributed by atoms with Gasteiger partial charge in [-0.05, 0) is 42.3 Å². The summed E-state index contributed by atoms with van der Waals surface area (Å²) in [6.07, 6.45) is 5.25. The first kappa shape index (κ1) is 17.7. The molecular formula is C20H22N4O2. The number of para-hydroxylation sites is 1. The molecule has 2 aromatic carbocycles. The maximum atomic E-state index is 12.6. The number of benzene rings is 2. The van der Waals surface area contributed by atoms with Crippen molar-refractivity contribution in [2.24, 2.45) is 0 Å². The van der Waals surface area contributed by atoms with Crippen molar-refractivity contribution < 1.29 is 9.53 Å². The number of nitrogens with zero attached hydrogens (tertiary/aromatic N) is 3. The van der Waals surface area contributed by atoms with Gasteiger partial charge in [0.25, 0.3) is 5.91 Å². The van der Waals surface area contributed by atoms with Crippen LogP contribution in [0.5, 0.6) is 5.75 Å². The fourth-order valence-electron chi connectivity index (χ4n) is 2.50. The van der Waals surface area contributed by atoms with Crippen LogP contribution in [0.15, 0.2) is 61.2 Å². The molecule has 6 heteroatoms. The fraction of sp³-hybridized carbons (Fsp3) is 0.250. The van der Waals surface area contributed by atoms with Gasteiger partial charge in [0.1, 0.15) is 18.4 Å². The molecule has 1 N–H and O–H groups in total. The van der Waals surface area contributed by atoms with E-state index in [0.717, 1.165) is 29.8 Å². The van der Waals surface area contributed by atoms with Crippen LogP contribution in [0, 0.1) is 0 Å². The third-order valence-corrected chi connectivity index (χ3v) is 3.95. The van der Waals surface area contributed by atoms with Crippen LogP contribution in [-0.2, 0) is 6.54 Å². The van der Waals surface area contributed by atoms with E-state index >= 15 is 0 Å². The predicted molar refractivity (Wildman–Crippen MR) is 100 cm³/mol. The average molecular weight is 350 g/mol. The fourth-order valence-corrected chi connectivity index (χ4v) is 2.50. The number of ether oxygens (including phenoxy) is 1. The van der Waals surface area contributed by atoms with E-state index in [1.54, 1.807) is 23.1 Å². The summed E-state index contributed by atoms with van der Waals surface area (Å²) < 4.78 is 7.35. The van der Waals surface area contributed by atoms with E-state index in [9.17, 15) is 4.79 Å². The van der Waals surface area contributed by atoms with E-state index in [2.05, 4.69) is 22.3 Å². The Bertz CT molecular complexity index is 829. The molecule has 0 aliphatic rings. The van der Waals surface area contributed by atoms with Crippen LogP contribution in [0.1, 0.15) is 35.7 Å². The number of nitrogens with one attached hydrogen (secondary N) is 1. The van der Waals surface area contributed by atoms with Crippen LogP contribution in [-0.4, -0.2) is 27.3 Å². The second-order valence-corrected chi connectivity index (χ2v) is 5.93. The first-order valence-electron chi connectivity index (χ1n) is 8.71. The molecule has 1 heterocycles. The molecule has 0 saturated heterocycles. The standard InChI is InChI=1S/C20H22N4O2/c1-2-3-12-26-18-10-8-16(9-11-18)20(25)23-19-7-5-4-6-17(19)13-24-15-21-14-22-24/h4-11,14-15H,2-3,12-13H2,1H3,(H,23,25). The molecule has 134 valence electrons. The van der Waals surface area contributed by atoms with Gasteiger partial charge in [-0.3, -0.25) is 4.79 Å². The van der Waals surface area contributed by atoms with E-state index in [0.29, 0.717) is 18.7 Å². The normalized spacial score (nSPS) is 10.5. The maximum absolute atomic E-state index is 12.6. The van der Waals surface area contributed by atoms with Crippen LogP contribution in [0.25, 0.3) is 0 Å². The molecule has 0 saturated carbocycles. The van der Waals surface area contributed by atoms with Gasteiger partial charge in [-0.25, -0.2) is 9.67 Å². The van der Waals surface area contributed by atoms with Gasteiger partial charge in [0.05, 0.1) is 13.2 Å². The largest absolute Gasteiger partial charge is 0.494 e. The van der Waals surface area contributed by atoms with E-state index in [1.807, 2.05) is 36.4 Å². The average Bonchev–Trinajstić information content (AvgIpc) is 3.17. The molecule has 0 aliphatic heterocycles. The number of amides is 1. The summed E-state index contributed by atoms with van der Waals surface area (Å²) >= 11 is 0. The van der Waals surface area contributed by atoms with Crippen LogP contribution in [0.2, 0.25) is 0 Å². The Labute approximate surface area is 152 Å². The Kier molecular flexibility index (Phi) is 5.98. The third kappa shape index (κ3) is 4.69. The summed E-state index contributed by atoms with van der Waals surface area (Å²) in [6, 6.07) is 14.9. The summed E-state index contributed by atoms with van der Waals surface area (Å²) in [7, 11) is 0. The van der Waals surface area contributed by atoms with Gasteiger partial charge in [0.2, 0.25) is 0 Å². The molecule has 0 spiro atoms. The molecule has 3 aromatic rings. The van der Waals surface area contributed by atoms with E-state index < -0.39 is 0 Å². The third-order valence-electron chi connectivity index (χ3n) is 3.95. The highest BCUT2D eigenvalue weighted by molar-refractivity contribution is 6.04. The number of rotatable bonds is 8. The van der Waals surface area contributed by atoms with Crippen molar-refractivity contribution in [2.75, 3.05) is 11.9 Å². The van der Waals surface area contributed by atoms with Crippen LogP contribution < -0.4 is 10.1 Å². The van der Waals surface area contributed by atoms with Gasteiger partial charge >= 0.3 is 0 Å².